The van der Waals surface area contributed by atoms with Gasteiger partial charge in [-0.25, -0.2) is 14.5 Å². The number of hydrogen-bond donors (Lipinski definition) is 3. The van der Waals surface area contributed by atoms with Crippen LogP contribution < -0.4 is 20.3 Å². The second kappa shape index (κ2) is 11.1. The fourth-order valence-electron chi connectivity index (χ4n) is 4.18. The largest absolute Gasteiger partial charge is 0.573 e. The van der Waals surface area contributed by atoms with Crippen LogP contribution in [0.2, 0.25) is 0 Å². The first-order valence-electron chi connectivity index (χ1n) is 12.3. The van der Waals surface area contributed by atoms with Gasteiger partial charge in [-0.3, -0.25) is 4.90 Å². The minimum atomic E-state index is -4.77. The molecule has 13 heteroatoms. The summed E-state index contributed by atoms with van der Waals surface area (Å²) in [5.41, 5.74) is 3.42. The Morgan fingerprint density at radius 3 is 2.55 bits per heavy atom. The van der Waals surface area contributed by atoms with Crippen LogP contribution in [0.15, 0.2) is 84.1 Å². The van der Waals surface area contributed by atoms with Gasteiger partial charge in [0.25, 0.3) is 0 Å². The zero-order valence-corrected chi connectivity index (χ0v) is 21.1. The molecule has 2 amide bonds. The van der Waals surface area contributed by atoms with Gasteiger partial charge in [-0.2, -0.15) is 4.99 Å². The number of nitrogens with zero attached hydrogens (tertiary/aromatic N) is 5. The summed E-state index contributed by atoms with van der Waals surface area (Å²) in [6.45, 7) is 2.24. The van der Waals surface area contributed by atoms with Crippen molar-refractivity contribution in [1.82, 2.24) is 20.1 Å². The third-order valence-electron chi connectivity index (χ3n) is 6.03. The fourth-order valence-corrected chi connectivity index (χ4v) is 4.18. The van der Waals surface area contributed by atoms with Crippen LogP contribution >= 0.6 is 0 Å². The molecule has 0 spiro atoms. The third-order valence-corrected chi connectivity index (χ3v) is 6.03. The number of benzene rings is 3. The molecule has 0 aliphatic carbocycles. The summed E-state index contributed by atoms with van der Waals surface area (Å²) in [6.07, 6.45) is -3.44. The van der Waals surface area contributed by atoms with Crippen molar-refractivity contribution in [3.63, 3.8) is 0 Å². The Balaban J connectivity index is 1.25. The molecule has 1 saturated heterocycles. The predicted octanol–water partition coefficient (Wildman–Crippen LogP) is 4.71. The van der Waals surface area contributed by atoms with Gasteiger partial charge in [0.05, 0.1) is 12.2 Å². The quantitative estimate of drug-likeness (QED) is 0.318. The molecule has 1 fully saturated rings. The number of urea groups is 1. The monoisotopic (exact) mass is 551 g/mol. The highest BCUT2D eigenvalue weighted by atomic mass is 19.4. The second-order valence-electron chi connectivity index (χ2n) is 8.71. The molecule has 5 rings (SSSR count). The number of carbonyl (C=O) groups is 1. The van der Waals surface area contributed by atoms with Gasteiger partial charge in [-0.15, -0.1) is 18.3 Å². The van der Waals surface area contributed by atoms with E-state index in [1.165, 1.54) is 35.3 Å². The van der Waals surface area contributed by atoms with Gasteiger partial charge in [-0.1, -0.05) is 25.1 Å². The zero-order chi connectivity index (χ0) is 28.3. The van der Waals surface area contributed by atoms with Crippen LogP contribution in [0.4, 0.5) is 29.3 Å². The number of para-hydroxylation sites is 1. The fraction of sp³-hybridized carbons (Fsp3) is 0.185. The minimum absolute atomic E-state index is 0.226. The Bertz CT molecular complexity index is 1520. The molecule has 40 heavy (non-hydrogen) atoms. The standard InChI is InChI=1S/C27H24F3N7O3/c1-2-17-5-3-4-6-22(17)37-23(38)15-31-25(37)34-26(39)33-19-9-7-18(8-10-19)24-32-16-36(35-24)20-11-13-21(14-12-20)40-27(28,29)30/h3-14,16,23,38H,2,15H2,1H3,(H2,31,33,34,39). The number of aliphatic imine (C=N–C) groups is 1. The lowest BCUT2D eigenvalue weighted by Crippen LogP contribution is -2.36. The first-order valence-corrected chi connectivity index (χ1v) is 12.3. The highest BCUT2D eigenvalue weighted by Gasteiger charge is 2.31. The number of ether oxygens (including phenoxy) is 1. The van der Waals surface area contributed by atoms with Gasteiger partial charge in [0.15, 0.2) is 12.1 Å². The Labute approximate surface area is 226 Å². The van der Waals surface area contributed by atoms with Crippen LogP contribution in [0, 0.1) is 0 Å². The van der Waals surface area contributed by atoms with Crippen LogP contribution in [0.5, 0.6) is 5.75 Å². The Kier molecular flexibility index (Phi) is 7.38. The van der Waals surface area contributed by atoms with Gasteiger partial charge >= 0.3 is 12.4 Å². The van der Waals surface area contributed by atoms with Gasteiger partial charge in [0, 0.05) is 16.9 Å². The van der Waals surface area contributed by atoms with E-state index in [4.69, 9.17) is 0 Å². The lowest BCUT2D eigenvalue weighted by molar-refractivity contribution is -0.274. The number of alkyl halides is 3. The van der Waals surface area contributed by atoms with Gasteiger partial charge in [0.2, 0.25) is 5.96 Å². The molecule has 0 saturated carbocycles. The molecule has 0 bridgehead atoms. The molecule has 1 aliphatic heterocycles. The topological polar surface area (TPSA) is 117 Å². The van der Waals surface area contributed by atoms with E-state index < -0.39 is 18.6 Å². The number of hydrogen-bond acceptors (Lipinski definition) is 5. The number of guanidine groups is 1. The Morgan fingerprint density at radius 1 is 1.12 bits per heavy atom. The number of carbonyl (C=O) groups excluding carboxylic acids is 1. The molecular formula is C27H24F3N7O3. The molecule has 206 valence electrons. The number of nitrogens with one attached hydrogen (secondary N) is 2. The number of aliphatic hydroxyl groups excluding tert-OH is 1. The van der Waals surface area contributed by atoms with Gasteiger partial charge < -0.3 is 20.5 Å². The molecule has 1 atom stereocenters. The van der Waals surface area contributed by atoms with Crippen molar-refractivity contribution in [3.05, 3.63) is 84.7 Å². The van der Waals surface area contributed by atoms with Crippen molar-refractivity contribution < 1.29 is 27.8 Å². The maximum atomic E-state index is 12.7. The second-order valence-corrected chi connectivity index (χ2v) is 8.71. The predicted molar refractivity (Wildman–Crippen MR) is 142 cm³/mol. The van der Waals surface area contributed by atoms with E-state index in [1.807, 2.05) is 31.2 Å². The normalized spacial score (nSPS) is 16.2. The van der Waals surface area contributed by atoms with Gasteiger partial charge in [-0.05, 0) is 66.6 Å². The smallest absolute Gasteiger partial charge is 0.406 e. The molecule has 3 N–H and O–H groups in total. The number of β-amino-alcohol motifs (C(OH)–C–C–N with tert-alkyl or cyclic N) is 1. The number of halogens is 3. The number of rotatable bonds is 6. The molecule has 10 nitrogen and oxygen atoms in total. The molecule has 4 aromatic rings. The first kappa shape index (κ1) is 26.7. The maximum absolute atomic E-state index is 12.7. The maximum Gasteiger partial charge on any atom is 0.573 e. The van der Waals surface area contributed by atoms with E-state index in [-0.39, 0.29) is 18.3 Å². The van der Waals surface area contributed by atoms with E-state index in [2.05, 4.69) is 30.4 Å². The molecule has 2 heterocycles. The molecule has 1 aliphatic rings. The van der Waals surface area contributed by atoms with E-state index in [0.717, 1.165) is 17.7 Å². The van der Waals surface area contributed by atoms with Crippen LogP contribution in [-0.4, -0.2) is 51.0 Å². The summed E-state index contributed by atoms with van der Waals surface area (Å²) in [7, 11) is 0. The van der Waals surface area contributed by atoms with Crippen LogP contribution in [0.25, 0.3) is 17.1 Å². The van der Waals surface area contributed by atoms with E-state index in [1.54, 1.807) is 29.2 Å². The zero-order valence-electron chi connectivity index (χ0n) is 21.1. The number of aromatic nitrogens is 3. The van der Waals surface area contributed by atoms with E-state index in [0.29, 0.717) is 22.8 Å². The molecule has 1 unspecified atom stereocenters. The molecular weight excluding hydrogens is 527 g/mol. The average molecular weight is 552 g/mol. The summed E-state index contributed by atoms with van der Waals surface area (Å²) in [4.78, 5) is 22.6. The number of amides is 2. The van der Waals surface area contributed by atoms with Crippen LogP contribution in [0.3, 0.4) is 0 Å². The average Bonchev–Trinajstić information content (AvgIpc) is 3.56. The highest BCUT2D eigenvalue weighted by Crippen LogP contribution is 2.26. The molecule has 3 aromatic carbocycles. The third kappa shape index (κ3) is 6.04. The summed E-state index contributed by atoms with van der Waals surface area (Å²) in [5.74, 6) is 0.288. The van der Waals surface area contributed by atoms with Crippen molar-refractivity contribution in [3.8, 4) is 22.8 Å². The van der Waals surface area contributed by atoms with Gasteiger partial charge in [0.1, 0.15) is 12.1 Å². The summed E-state index contributed by atoms with van der Waals surface area (Å²) in [5, 5.41) is 20.5. The Morgan fingerprint density at radius 2 is 1.85 bits per heavy atom. The van der Waals surface area contributed by atoms with Crippen molar-refractivity contribution in [2.75, 3.05) is 16.8 Å². The molecule has 0 radical (unpaired) electrons. The van der Waals surface area contributed by atoms with Crippen molar-refractivity contribution in [1.29, 1.82) is 0 Å². The summed E-state index contributed by atoms with van der Waals surface area (Å²) in [6, 6.07) is 19.0. The van der Waals surface area contributed by atoms with Crippen molar-refractivity contribution in [2.45, 2.75) is 25.9 Å². The summed E-state index contributed by atoms with van der Waals surface area (Å²) >= 11 is 0. The number of aryl methyl sites for hydroxylation is 1. The van der Waals surface area contributed by atoms with Crippen LogP contribution in [0.1, 0.15) is 12.5 Å². The van der Waals surface area contributed by atoms with Crippen LogP contribution in [-0.2, 0) is 6.42 Å². The highest BCUT2D eigenvalue weighted by molar-refractivity contribution is 6.07. The van der Waals surface area contributed by atoms with Crippen molar-refractivity contribution in [2.24, 2.45) is 4.99 Å². The first-order chi connectivity index (χ1) is 19.2. The minimum Gasteiger partial charge on any atom is -0.406 e. The van der Waals surface area contributed by atoms with Crippen molar-refractivity contribution >= 4 is 23.4 Å². The van der Waals surface area contributed by atoms with E-state index >= 15 is 0 Å². The Hall–Kier alpha value is -4.91. The SMILES string of the molecule is CCc1ccccc1N1/C(=N/C(=O)Nc2ccc(-c3ncn(-c4ccc(OC(F)(F)F)cc4)n3)cc2)NCC1O. The summed E-state index contributed by atoms with van der Waals surface area (Å²) < 4.78 is 42.4. The lowest BCUT2D eigenvalue weighted by Gasteiger charge is -2.23. The van der Waals surface area contributed by atoms with E-state index in [9.17, 15) is 23.1 Å². The number of anilines is 2. The molecule has 1 aromatic heterocycles. The lowest BCUT2D eigenvalue weighted by atomic mass is 10.1. The number of aliphatic hydroxyl groups is 1.